The third-order valence-electron chi connectivity index (χ3n) is 3.08. The molecule has 0 aliphatic heterocycles. The molecule has 1 aromatic heterocycles. The summed E-state index contributed by atoms with van der Waals surface area (Å²) in [5.74, 6) is 0.737. The summed E-state index contributed by atoms with van der Waals surface area (Å²) in [7, 11) is 3.55. The summed E-state index contributed by atoms with van der Waals surface area (Å²) in [6.45, 7) is 3.16. The molecule has 106 valence electrons. The van der Waals surface area contributed by atoms with E-state index in [0.29, 0.717) is 17.9 Å². The molecule has 20 heavy (non-hydrogen) atoms. The van der Waals surface area contributed by atoms with Crippen molar-refractivity contribution in [2.75, 3.05) is 20.7 Å². The van der Waals surface area contributed by atoms with Crippen LogP contribution >= 0.6 is 11.3 Å². The van der Waals surface area contributed by atoms with Crippen molar-refractivity contribution in [1.29, 1.82) is 0 Å². The zero-order valence-corrected chi connectivity index (χ0v) is 12.9. The Labute approximate surface area is 123 Å². The van der Waals surface area contributed by atoms with Crippen LogP contribution in [0.5, 0.6) is 5.75 Å². The Morgan fingerprint density at radius 3 is 2.80 bits per heavy atom. The number of ether oxygens (including phenoxy) is 1. The number of carbonyl (C=O) groups is 1. The molecule has 3 nitrogen and oxygen atoms in total. The second-order valence-electron chi connectivity index (χ2n) is 4.88. The summed E-state index contributed by atoms with van der Waals surface area (Å²) in [5.41, 5.74) is 1.74. The molecule has 0 saturated heterocycles. The number of likely N-dealkylation sites (N-methyl/N-ethyl adjacent to an activating group) is 1. The number of carbonyl (C=O) groups excluding carboxylic acids is 1. The van der Waals surface area contributed by atoms with Crippen LogP contribution in [0.15, 0.2) is 35.7 Å². The maximum absolute atomic E-state index is 12.4. The molecule has 0 aliphatic carbocycles. The van der Waals surface area contributed by atoms with Gasteiger partial charge in [-0.15, -0.1) is 11.3 Å². The monoisotopic (exact) mass is 289 g/mol. The molecule has 4 heteroatoms. The molecule has 0 bridgehead atoms. The summed E-state index contributed by atoms with van der Waals surface area (Å²) in [6.07, 6.45) is 0. The number of hydrogen-bond acceptors (Lipinski definition) is 4. The molecule has 0 aliphatic rings. The number of Topliss-reactive ketones (excluding diaryl/α,β-unsaturated/α-hetero) is 1. The number of rotatable bonds is 6. The van der Waals surface area contributed by atoms with Crippen LogP contribution in [0.1, 0.15) is 20.8 Å². The maximum atomic E-state index is 12.4. The fourth-order valence-corrected chi connectivity index (χ4v) is 2.87. The summed E-state index contributed by atoms with van der Waals surface area (Å²) in [5, 5.41) is 2.05. The van der Waals surface area contributed by atoms with E-state index in [1.165, 1.54) is 4.88 Å². The van der Waals surface area contributed by atoms with Crippen LogP contribution in [0.4, 0.5) is 0 Å². The molecular weight excluding hydrogens is 270 g/mol. The first-order valence-electron chi connectivity index (χ1n) is 6.49. The average molecular weight is 289 g/mol. The van der Waals surface area contributed by atoms with E-state index >= 15 is 0 Å². The SMILES string of the molecule is COc1cc(C)ccc1C(=O)CN(C)Cc1cccs1. The van der Waals surface area contributed by atoms with E-state index in [1.54, 1.807) is 18.4 Å². The van der Waals surface area contributed by atoms with Crippen LogP contribution in [-0.4, -0.2) is 31.4 Å². The van der Waals surface area contributed by atoms with Gasteiger partial charge in [0.1, 0.15) is 5.75 Å². The summed E-state index contributed by atoms with van der Waals surface area (Å²) in [4.78, 5) is 15.6. The molecule has 0 fully saturated rings. The standard InChI is InChI=1S/C16H19NO2S/c1-12-6-7-14(16(9-12)19-3)15(18)11-17(2)10-13-5-4-8-20-13/h4-9H,10-11H2,1-3H3. The highest BCUT2D eigenvalue weighted by Crippen LogP contribution is 2.21. The van der Waals surface area contributed by atoms with Crippen molar-refractivity contribution in [2.45, 2.75) is 13.5 Å². The molecule has 0 amide bonds. The predicted octanol–water partition coefficient (Wildman–Crippen LogP) is 3.38. The minimum absolute atomic E-state index is 0.0842. The Hall–Kier alpha value is -1.65. The minimum atomic E-state index is 0.0842. The number of ketones is 1. The summed E-state index contributed by atoms with van der Waals surface area (Å²) < 4.78 is 5.30. The van der Waals surface area contributed by atoms with E-state index in [9.17, 15) is 4.79 Å². The van der Waals surface area contributed by atoms with Gasteiger partial charge in [0.2, 0.25) is 0 Å². The molecule has 2 rings (SSSR count). The highest BCUT2D eigenvalue weighted by atomic mass is 32.1. The van der Waals surface area contributed by atoms with Crippen LogP contribution in [0.25, 0.3) is 0 Å². The number of methoxy groups -OCH3 is 1. The highest BCUT2D eigenvalue weighted by molar-refractivity contribution is 7.09. The van der Waals surface area contributed by atoms with Crippen LogP contribution in [-0.2, 0) is 6.54 Å². The van der Waals surface area contributed by atoms with Gasteiger partial charge in [-0.2, -0.15) is 0 Å². The van der Waals surface area contributed by atoms with Gasteiger partial charge in [0.25, 0.3) is 0 Å². The minimum Gasteiger partial charge on any atom is -0.496 e. The molecule has 0 saturated carbocycles. The molecule has 0 N–H and O–H groups in total. The van der Waals surface area contributed by atoms with Gasteiger partial charge < -0.3 is 4.74 Å². The van der Waals surface area contributed by atoms with Crippen molar-refractivity contribution >= 4 is 17.1 Å². The Morgan fingerprint density at radius 1 is 1.35 bits per heavy atom. The molecule has 0 spiro atoms. The van der Waals surface area contributed by atoms with Gasteiger partial charge in [0.05, 0.1) is 19.2 Å². The third-order valence-corrected chi connectivity index (χ3v) is 3.94. The number of thiophene rings is 1. The zero-order chi connectivity index (χ0) is 14.5. The Kier molecular flexibility index (Phi) is 4.93. The molecule has 0 atom stereocenters. The number of nitrogens with zero attached hydrogens (tertiary/aromatic N) is 1. The van der Waals surface area contributed by atoms with E-state index in [0.717, 1.165) is 12.1 Å². The van der Waals surface area contributed by atoms with Crippen LogP contribution in [0.3, 0.4) is 0 Å². The van der Waals surface area contributed by atoms with Crippen molar-refractivity contribution in [3.05, 3.63) is 51.7 Å². The second-order valence-corrected chi connectivity index (χ2v) is 5.91. The van der Waals surface area contributed by atoms with Gasteiger partial charge in [0, 0.05) is 11.4 Å². The Bertz CT molecular complexity index is 578. The van der Waals surface area contributed by atoms with Crippen LogP contribution in [0.2, 0.25) is 0 Å². The molecule has 0 unspecified atom stereocenters. The zero-order valence-electron chi connectivity index (χ0n) is 12.1. The van der Waals surface area contributed by atoms with E-state index in [1.807, 2.05) is 48.5 Å². The van der Waals surface area contributed by atoms with Crippen molar-refractivity contribution in [3.8, 4) is 5.75 Å². The highest BCUT2D eigenvalue weighted by Gasteiger charge is 2.14. The Morgan fingerprint density at radius 2 is 2.15 bits per heavy atom. The first-order chi connectivity index (χ1) is 9.60. The summed E-state index contributed by atoms with van der Waals surface area (Å²) in [6, 6.07) is 9.79. The number of aryl methyl sites for hydroxylation is 1. The van der Waals surface area contributed by atoms with Gasteiger partial charge >= 0.3 is 0 Å². The van der Waals surface area contributed by atoms with Crippen molar-refractivity contribution in [2.24, 2.45) is 0 Å². The molecule has 2 aromatic rings. The van der Waals surface area contributed by atoms with Gasteiger partial charge in [-0.25, -0.2) is 0 Å². The molecule has 1 aromatic carbocycles. The van der Waals surface area contributed by atoms with E-state index in [-0.39, 0.29) is 5.78 Å². The van der Waals surface area contributed by atoms with Crippen molar-refractivity contribution in [3.63, 3.8) is 0 Å². The lowest BCUT2D eigenvalue weighted by molar-refractivity contribution is 0.0940. The van der Waals surface area contributed by atoms with E-state index in [2.05, 4.69) is 6.07 Å². The van der Waals surface area contributed by atoms with Gasteiger partial charge in [-0.1, -0.05) is 12.1 Å². The normalized spacial score (nSPS) is 10.8. The second kappa shape index (κ2) is 6.68. The molecular formula is C16H19NO2S. The third kappa shape index (κ3) is 3.68. The van der Waals surface area contributed by atoms with E-state index < -0.39 is 0 Å². The quantitative estimate of drug-likeness (QED) is 0.764. The smallest absolute Gasteiger partial charge is 0.180 e. The van der Waals surface area contributed by atoms with E-state index in [4.69, 9.17) is 4.74 Å². The lowest BCUT2D eigenvalue weighted by atomic mass is 10.1. The first-order valence-corrected chi connectivity index (χ1v) is 7.37. The van der Waals surface area contributed by atoms with Crippen LogP contribution < -0.4 is 4.74 Å². The van der Waals surface area contributed by atoms with Crippen LogP contribution in [0, 0.1) is 6.92 Å². The lowest BCUT2D eigenvalue weighted by Gasteiger charge is -2.16. The lowest BCUT2D eigenvalue weighted by Crippen LogP contribution is -2.25. The molecule has 1 heterocycles. The topological polar surface area (TPSA) is 29.5 Å². The van der Waals surface area contributed by atoms with Crippen molar-refractivity contribution < 1.29 is 9.53 Å². The molecule has 0 radical (unpaired) electrons. The summed E-state index contributed by atoms with van der Waals surface area (Å²) >= 11 is 1.71. The largest absolute Gasteiger partial charge is 0.496 e. The average Bonchev–Trinajstić information content (AvgIpc) is 2.90. The fraction of sp³-hybridized carbons (Fsp3) is 0.312. The maximum Gasteiger partial charge on any atom is 0.180 e. The van der Waals surface area contributed by atoms with Crippen molar-refractivity contribution in [1.82, 2.24) is 4.90 Å². The van der Waals surface area contributed by atoms with Gasteiger partial charge in [0.15, 0.2) is 5.78 Å². The first kappa shape index (κ1) is 14.8. The van der Waals surface area contributed by atoms with Gasteiger partial charge in [-0.05, 0) is 43.1 Å². The Balaban J connectivity index is 2.04. The number of benzene rings is 1. The van der Waals surface area contributed by atoms with Gasteiger partial charge in [-0.3, -0.25) is 9.69 Å². The fourth-order valence-electron chi connectivity index (χ4n) is 2.08. The number of hydrogen-bond donors (Lipinski definition) is 0. The predicted molar refractivity (Wildman–Crippen MR) is 82.7 cm³/mol.